The summed E-state index contributed by atoms with van der Waals surface area (Å²) in [6.45, 7) is 0. The molecule has 0 aliphatic rings. The Morgan fingerprint density at radius 3 is 1.25 bits per heavy atom. The summed E-state index contributed by atoms with van der Waals surface area (Å²) in [5, 5.41) is 0. The van der Waals surface area contributed by atoms with Gasteiger partial charge in [0.25, 0.3) is 0 Å². The molecule has 0 heterocycles. The average molecular weight is 201 g/mol. The molecule has 0 aromatic heterocycles. The van der Waals surface area contributed by atoms with Gasteiger partial charge in [0.05, 0.1) is 0 Å². The number of rotatable bonds is 0. The van der Waals surface area contributed by atoms with Crippen LogP contribution in [-0.2, 0) is 21.8 Å². The summed E-state index contributed by atoms with van der Waals surface area (Å²) in [5.74, 6) is 0. The van der Waals surface area contributed by atoms with Crippen LogP contribution in [0, 0.1) is 0 Å². The molecule has 0 aromatic carbocycles. The summed E-state index contributed by atoms with van der Waals surface area (Å²) in [4.78, 5) is 0. The van der Waals surface area contributed by atoms with E-state index in [1.165, 1.54) is 0 Å². The van der Waals surface area contributed by atoms with Gasteiger partial charge >= 0.3 is 38.4 Å². The van der Waals surface area contributed by atoms with E-state index in [1.54, 1.807) is 0 Å². The maximum atomic E-state index is 4.97. The first kappa shape index (κ1) is 9.07. The van der Waals surface area contributed by atoms with Crippen molar-refractivity contribution in [1.29, 1.82) is 0 Å². The normalized spacial score (nSPS) is 2.50. The zero-order valence-electron chi connectivity index (χ0n) is 1.96. The van der Waals surface area contributed by atoms with Gasteiger partial charge in [0.1, 0.15) is 0 Å². The van der Waals surface area contributed by atoms with Gasteiger partial charge in [0, 0.05) is 0 Å². The third-order valence-electron chi connectivity index (χ3n) is 0. The van der Waals surface area contributed by atoms with Crippen molar-refractivity contribution >= 4 is 16.6 Å². The van der Waals surface area contributed by atoms with E-state index in [1.807, 2.05) is 0 Å². The van der Waals surface area contributed by atoms with Crippen molar-refractivity contribution in [2.75, 3.05) is 0 Å². The van der Waals surface area contributed by atoms with Crippen LogP contribution in [0.5, 0.6) is 0 Å². The van der Waals surface area contributed by atoms with Crippen molar-refractivity contribution in [3.63, 3.8) is 0 Å². The predicted octanol–water partition coefficient (Wildman–Crippen LogP) is 0.552. The zero-order valence-corrected chi connectivity index (χ0v) is 7.51. The van der Waals surface area contributed by atoms with Crippen LogP contribution in [0.2, 0.25) is 0 Å². The van der Waals surface area contributed by atoms with Gasteiger partial charge in [-0.1, -0.05) is 0 Å². The summed E-state index contributed by atoms with van der Waals surface area (Å²) in [6, 6.07) is 0. The average Bonchev–Trinajstić information content (AvgIpc) is 0.918. The molecule has 1 nitrogen and oxygen atoms in total. The molecule has 0 radical (unpaired) electrons. The summed E-state index contributed by atoms with van der Waals surface area (Å²) >= 11 is -1.07. The molecule has 4 heteroatoms. The van der Waals surface area contributed by atoms with Crippen molar-refractivity contribution in [2.24, 2.45) is 0 Å². The molecule has 0 fully saturated rings. The molecular formula is H2CdCl2O. The Bertz CT molecular complexity index is 6.00. The molecule has 0 aromatic rings. The number of hydrogen-bond acceptors (Lipinski definition) is 0. The van der Waals surface area contributed by atoms with E-state index < -0.39 is 21.8 Å². The Hall–Kier alpha value is 1.46. The predicted molar refractivity (Wildman–Crippen MR) is 15.3 cm³/mol. The van der Waals surface area contributed by atoms with Crippen LogP contribution >= 0.6 is 16.6 Å². The first-order valence-corrected chi connectivity index (χ1v) is 10.8. The maximum absolute atomic E-state index is 4.97. The molecule has 0 unspecified atom stereocenters. The third-order valence-corrected chi connectivity index (χ3v) is 0. The van der Waals surface area contributed by atoms with Gasteiger partial charge < -0.3 is 5.48 Å². The molecule has 0 saturated heterocycles. The second kappa shape index (κ2) is 8.82. The van der Waals surface area contributed by atoms with Gasteiger partial charge in [-0.15, -0.1) is 0 Å². The van der Waals surface area contributed by atoms with Gasteiger partial charge in [0.2, 0.25) is 0 Å². The Balaban J connectivity index is 0. The van der Waals surface area contributed by atoms with Crippen LogP contribution < -0.4 is 0 Å². The Morgan fingerprint density at radius 2 is 1.25 bits per heavy atom. The minimum absolute atomic E-state index is 0. The summed E-state index contributed by atoms with van der Waals surface area (Å²) < 4.78 is 0. The fourth-order valence-electron chi connectivity index (χ4n) is 0. The molecule has 0 atom stereocenters. The standard InChI is InChI=1S/Cd.2ClH.H2O/h;2*1H;1H2/q+2;;;/p-2. The molecule has 0 saturated carbocycles. The molecule has 0 amide bonds. The quantitative estimate of drug-likeness (QED) is 0.513. The van der Waals surface area contributed by atoms with E-state index in [-0.39, 0.29) is 5.48 Å². The number of hydrogen-bond donors (Lipinski definition) is 0. The molecule has 2 N–H and O–H groups in total. The van der Waals surface area contributed by atoms with Crippen molar-refractivity contribution in [1.82, 2.24) is 0 Å². The molecule has 0 aliphatic heterocycles. The second-order valence-electron chi connectivity index (χ2n) is 0.101. The van der Waals surface area contributed by atoms with Gasteiger partial charge in [0.15, 0.2) is 0 Å². The molecule has 4 heavy (non-hydrogen) atoms. The summed E-state index contributed by atoms with van der Waals surface area (Å²) in [7, 11) is 9.95. The van der Waals surface area contributed by atoms with Crippen LogP contribution in [0.25, 0.3) is 0 Å². The van der Waals surface area contributed by atoms with E-state index in [4.69, 9.17) is 16.6 Å². The molecule has 0 spiro atoms. The molecule has 24 valence electrons. The SMILES string of the molecule is O.[Cl][Cd][Cl]. The topological polar surface area (TPSA) is 31.5 Å². The summed E-state index contributed by atoms with van der Waals surface area (Å²) in [5.41, 5.74) is 0. The molecule has 0 bridgehead atoms. The van der Waals surface area contributed by atoms with E-state index in [0.29, 0.717) is 0 Å². The molecular weight excluding hydrogens is 199 g/mol. The van der Waals surface area contributed by atoms with Crippen LogP contribution in [0.3, 0.4) is 0 Å². The zero-order chi connectivity index (χ0) is 2.71. The van der Waals surface area contributed by atoms with Gasteiger partial charge in [-0.25, -0.2) is 0 Å². The van der Waals surface area contributed by atoms with E-state index in [0.717, 1.165) is 0 Å². The molecule has 0 aliphatic carbocycles. The first-order chi connectivity index (χ1) is 1.41. The third kappa shape index (κ3) is 9.82. The van der Waals surface area contributed by atoms with Crippen LogP contribution in [0.4, 0.5) is 0 Å². The minimum atomic E-state index is -1.07. The Labute approximate surface area is 43.7 Å². The van der Waals surface area contributed by atoms with Crippen LogP contribution in [0.15, 0.2) is 0 Å². The fourth-order valence-corrected chi connectivity index (χ4v) is 0. The van der Waals surface area contributed by atoms with Gasteiger partial charge in [-0.05, 0) is 0 Å². The van der Waals surface area contributed by atoms with E-state index >= 15 is 0 Å². The second-order valence-corrected chi connectivity index (χ2v) is 6.10. The van der Waals surface area contributed by atoms with E-state index in [9.17, 15) is 0 Å². The monoisotopic (exact) mass is 202 g/mol. The molecule has 0 rings (SSSR count). The summed E-state index contributed by atoms with van der Waals surface area (Å²) in [6.07, 6.45) is 0. The van der Waals surface area contributed by atoms with Crippen molar-refractivity contribution < 1.29 is 27.3 Å². The Morgan fingerprint density at radius 1 is 1.25 bits per heavy atom. The fraction of sp³-hybridized carbons (Fsp3) is 0. The first-order valence-electron chi connectivity index (χ1n) is 0.535. The van der Waals surface area contributed by atoms with Crippen LogP contribution in [0.1, 0.15) is 0 Å². The van der Waals surface area contributed by atoms with Gasteiger partial charge in [-0.2, -0.15) is 0 Å². The van der Waals surface area contributed by atoms with Crippen molar-refractivity contribution in [2.45, 2.75) is 0 Å². The van der Waals surface area contributed by atoms with Crippen LogP contribution in [-0.4, -0.2) is 5.48 Å². The Kier molecular flexibility index (Phi) is 20.0. The van der Waals surface area contributed by atoms with Gasteiger partial charge in [-0.3, -0.25) is 0 Å². The van der Waals surface area contributed by atoms with E-state index in [2.05, 4.69) is 0 Å². The van der Waals surface area contributed by atoms with Crippen molar-refractivity contribution in [3.8, 4) is 0 Å². The number of halogens is 2. The van der Waals surface area contributed by atoms with Crippen molar-refractivity contribution in [3.05, 3.63) is 0 Å².